The van der Waals surface area contributed by atoms with Crippen molar-refractivity contribution in [1.29, 1.82) is 0 Å². The number of ether oxygens (including phenoxy) is 1. The lowest BCUT2D eigenvalue weighted by atomic mass is 10.1. The Bertz CT molecular complexity index is 623. The van der Waals surface area contributed by atoms with Crippen LogP contribution in [0.4, 0.5) is 0 Å². The summed E-state index contributed by atoms with van der Waals surface area (Å²) in [5.41, 5.74) is 10.4. The first-order chi connectivity index (χ1) is 9.51. The van der Waals surface area contributed by atoms with Gasteiger partial charge in [0.15, 0.2) is 0 Å². The zero-order valence-corrected chi connectivity index (χ0v) is 13.8. The zero-order valence-electron chi connectivity index (χ0n) is 12.2. The van der Waals surface area contributed by atoms with Crippen molar-refractivity contribution in [3.63, 3.8) is 0 Å². The van der Waals surface area contributed by atoms with E-state index in [2.05, 4.69) is 54.9 Å². The van der Waals surface area contributed by atoms with Crippen LogP contribution in [0.1, 0.15) is 22.3 Å². The lowest BCUT2D eigenvalue weighted by molar-refractivity contribution is 0.477. The van der Waals surface area contributed by atoms with Gasteiger partial charge in [0.2, 0.25) is 0 Å². The number of aryl methyl sites for hydroxylation is 2. The lowest BCUT2D eigenvalue weighted by Crippen LogP contribution is -2.03. The molecule has 20 heavy (non-hydrogen) atoms. The molecule has 3 heteroatoms. The van der Waals surface area contributed by atoms with E-state index in [0.29, 0.717) is 6.54 Å². The summed E-state index contributed by atoms with van der Waals surface area (Å²) in [4.78, 5) is 0. The molecule has 2 aromatic rings. The van der Waals surface area contributed by atoms with Crippen LogP contribution in [0.5, 0.6) is 11.5 Å². The number of benzene rings is 2. The quantitative estimate of drug-likeness (QED) is 0.882. The molecule has 0 saturated carbocycles. The van der Waals surface area contributed by atoms with Gasteiger partial charge in [0, 0.05) is 4.47 Å². The van der Waals surface area contributed by atoms with Crippen LogP contribution in [0.3, 0.4) is 0 Å². The van der Waals surface area contributed by atoms with Crippen molar-refractivity contribution in [3.05, 3.63) is 57.1 Å². The number of hydrogen-bond donors (Lipinski definition) is 1. The third-order valence-corrected chi connectivity index (χ3v) is 4.17. The minimum Gasteiger partial charge on any atom is -0.457 e. The second kappa shape index (κ2) is 6.42. The Morgan fingerprint density at radius 1 is 1.10 bits per heavy atom. The monoisotopic (exact) mass is 333 g/mol. The fraction of sp³-hybridized carbons (Fsp3) is 0.294. The molecular weight excluding hydrogens is 314 g/mol. The van der Waals surface area contributed by atoms with Gasteiger partial charge in [-0.15, -0.1) is 0 Å². The van der Waals surface area contributed by atoms with Crippen molar-refractivity contribution in [2.75, 3.05) is 6.54 Å². The highest BCUT2D eigenvalue weighted by atomic mass is 79.9. The molecule has 0 aliphatic carbocycles. The molecule has 0 bridgehead atoms. The van der Waals surface area contributed by atoms with E-state index in [4.69, 9.17) is 10.5 Å². The molecule has 106 valence electrons. The van der Waals surface area contributed by atoms with E-state index < -0.39 is 0 Å². The van der Waals surface area contributed by atoms with Crippen molar-refractivity contribution in [2.24, 2.45) is 5.73 Å². The normalized spacial score (nSPS) is 10.7. The minimum absolute atomic E-state index is 0.648. The summed E-state index contributed by atoms with van der Waals surface area (Å²) in [5, 5.41) is 0. The van der Waals surface area contributed by atoms with E-state index in [0.717, 1.165) is 22.4 Å². The lowest BCUT2D eigenvalue weighted by Gasteiger charge is -2.13. The van der Waals surface area contributed by atoms with E-state index in [1.54, 1.807) is 0 Å². The molecule has 0 radical (unpaired) electrons. The Morgan fingerprint density at radius 3 is 2.50 bits per heavy atom. The summed E-state index contributed by atoms with van der Waals surface area (Å²) in [7, 11) is 0. The van der Waals surface area contributed by atoms with Crippen molar-refractivity contribution in [3.8, 4) is 11.5 Å². The number of nitrogens with two attached hydrogens (primary N) is 1. The summed E-state index contributed by atoms with van der Waals surface area (Å²) < 4.78 is 7.07. The topological polar surface area (TPSA) is 35.2 Å². The first-order valence-electron chi connectivity index (χ1n) is 6.75. The maximum atomic E-state index is 6.02. The van der Waals surface area contributed by atoms with Crippen LogP contribution in [0.25, 0.3) is 0 Å². The average molecular weight is 334 g/mol. The summed E-state index contributed by atoms with van der Waals surface area (Å²) in [5.74, 6) is 1.76. The van der Waals surface area contributed by atoms with Gasteiger partial charge >= 0.3 is 0 Å². The Kier molecular flexibility index (Phi) is 4.84. The number of halogens is 1. The first kappa shape index (κ1) is 15.1. The van der Waals surface area contributed by atoms with Crippen molar-refractivity contribution < 1.29 is 4.74 Å². The van der Waals surface area contributed by atoms with E-state index in [1.807, 2.05) is 12.1 Å². The van der Waals surface area contributed by atoms with E-state index in [-0.39, 0.29) is 0 Å². The molecular formula is C17H20BrNO. The molecule has 0 unspecified atom stereocenters. The van der Waals surface area contributed by atoms with Crippen molar-refractivity contribution in [1.82, 2.24) is 0 Å². The van der Waals surface area contributed by atoms with Crippen LogP contribution in [-0.4, -0.2) is 6.54 Å². The van der Waals surface area contributed by atoms with Crippen LogP contribution < -0.4 is 10.5 Å². The second-order valence-electron chi connectivity index (χ2n) is 5.10. The highest BCUT2D eigenvalue weighted by Gasteiger charge is 2.07. The van der Waals surface area contributed by atoms with Crippen LogP contribution in [0.15, 0.2) is 34.8 Å². The Labute approximate surface area is 129 Å². The summed E-state index contributed by atoms with van der Waals surface area (Å²) >= 11 is 3.57. The summed E-state index contributed by atoms with van der Waals surface area (Å²) in [6.07, 6.45) is 0.865. The van der Waals surface area contributed by atoms with Crippen LogP contribution >= 0.6 is 15.9 Å². The summed E-state index contributed by atoms with van der Waals surface area (Å²) in [6.45, 7) is 6.92. The third kappa shape index (κ3) is 3.41. The smallest absolute Gasteiger partial charge is 0.130 e. The molecule has 0 heterocycles. The van der Waals surface area contributed by atoms with Crippen molar-refractivity contribution >= 4 is 15.9 Å². The molecule has 0 atom stereocenters. The van der Waals surface area contributed by atoms with Gasteiger partial charge in [-0.25, -0.2) is 0 Å². The van der Waals surface area contributed by atoms with Gasteiger partial charge in [0.1, 0.15) is 11.5 Å². The van der Waals surface area contributed by atoms with Gasteiger partial charge in [-0.2, -0.15) is 0 Å². The Balaban J connectivity index is 2.29. The largest absolute Gasteiger partial charge is 0.457 e. The molecule has 0 amide bonds. The second-order valence-corrected chi connectivity index (χ2v) is 5.95. The maximum Gasteiger partial charge on any atom is 0.130 e. The number of hydrogen-bond acceptors (Lipinski definition) is 2. The molecule has 2 N–H and O–H groups in total. The van der Waals surface area contributed by atoms with Crippen molar-refractivity contribution in [2.45, 2.75) is 27.2 Å². The van der Waals surface area contributed by atoms with Gasteiger partial charge < -0.3 is 10.5 Å². The Morgan fingerprint density at radius 2 is 1.85 bits per heavy atom. The summed E-state index contributed by atoms with van der Waals surface area (Å²) in [6, 6.07) is 10.3. The van der Waals surface area contributed by atoms with E-state index in [1.165, 1.54) is 22.3 Å². The fourth-order valence-electron chi connectivity index (χ4n) is 2.18. The zero-order chi connectivity index (χ0) is 14.7. The van der Waals surface area contributed by atoms with Gasteiger partial charge in [-0.1, -0.05) is 28.1 Å². The molecule has 2 rings (SSSR count). The molecule has 2 aromatic carbocycles. The number of rotatable bonds is 4. The molecule has 0 aliphatic heterocycles. The third-order valence-electron chi connectivity index (χ3n) is 3.43. The molecule has 0 aliphatic rings. The SMILES string of the molecule is Cc1cc(C)c(C)c(Oc2ccc(CCN)c(Br)c2)c1. The first-order valence-corrected chi connectivity index (χ1v) is 7.54. The standard InChI is InChI=1S/C17H20BrNO/c1-11-8-12(2)13(3)17(9-11)20-15-5-4-14(6-7-19)16(18)10-15/h4-5,8-10H,6-7,19H2,1-3H3. The van der Waals surface area contributed by atoms with Crippen LogP contribution in [0, 0.1) is 20.8 Å². The molecule has 0 aromatic heterocycles. The molecule has 2 nitrogen and oxygen atoms in total. The molecule has 0 spiro atoms. The molecule has 0 fully saturated rings. The van der Waals surface area contributed by atoms with Gasteiger partial charge in [-0.3, -0.25) is 0 Å². The van der Waals surface area contributed by atoms with Gasteiger partial charge in [0.05, 0.1) is 0 Å². The Hall–Kier alpha value is -1.32. The highest BCUT2D eigenvalue weighted by Crippen LogP contribution is 2.31. The van der Waals surface area contributed by atoms with Gasteiger partial charge in [0.25, 0.3) is 0 Å². The predicted molar refractivity (Wildman–Crippen MR) is 87.6 cm³/mol. The fourth-order valence-corrected chi connectivity index (χ4v) is 2.74. The van der Waals surface area contributed by atoms with Crippen LogP contribution in [0.2, 0.25) is 0 Å². The highest BCUT2D eigenvalue weighted by molar-refractivity contribution is 9.10. The van der Waals surface area contributed by atoms with E-state index >= 15 is 0 Å². The average Bonchev–Trinajstić information content (AvgIpc) is 2.39. The van der Waals surface area contributed by atoms with Crippen LogP contribution in [-0.2, 0) is 6.42 Å². The van der Waals surface area contributed by atoms with E-state index in [9.17, 15) is 0 Å². The maximum absolute atomic E-state index is 6.02. The predicted octanol–water partition coefficient (Wildman–Crippen LogP) is 4.67. The minimum atomic E-state index is 0.648. The molecule has 0 saturated heterocycles. The van der Waals surface area contributed by atoms with Gasteiger partial charge in [-0.05, 0) is 74.2 Å².